The molecule has 0 aliphatic rings. The number of aromatic nitrogens is 4. The lowest BCUT2D eigenvalue weighted by molar-refractivity contribution is -0.750. The van der Waals surface area contributed by atoms with Gasteiger partial charge in [0.05, 0.1) is 7.11 Å². The average Bonchev–Trinajstić information content (AvgIpc) is 2.49. The maximum Gasteiger partial charge on any atom is 0.273 e. The molecule has 2 rings (SSSR count). The van der Waals surface area contributed by atoms with E-state index < -0.39 is 10.1 Å². The molecule has 0 fully saturated rings. The van der Waals surface area contributed by atoms with Crippen molar-refractivity contribution in [2.24, 2.45) is 0 Å². The fourth-order valence-corrected chi connectivity index (χ4v) is 2.18. The van der Waals surface area contributed by atoms with Crippen LogP contribution in [0.5, 0.6) is 0 Å². The van der Waals surface area contributed by atoms with Gasteiger partial charge in [-0.1, -0.05) is 4.68 Å². The average molecular weight is 309 g/mol. The summed E-state index contributed by atoms with van der Waals surface area (Å²) in [5.74, 6) is 0.475. The van der Waals surface area contributed by atoms with Crippen molar-refractivity contribution in [2.75, 3.05) is 12.9 Å². The largest absolute Gasteiger partial charge is 0.273 e. The van der Waals surface area contributed by atoms with Crippen molar-refractivity contribution in [2.45, 2.75) is 20.4 Å². The van der Waals surface area contributed by atoms with Gasteiger partial charge >= 0.3 is 0 Å². The molecule has 2 aromatic heterocycles. The lowest BCUT2D eigenvalue weighted by Gasteiger charge is -2.02. The van der Waals surface area contributed by atoms with Crippen LogP contribution in [-0.2, 0) is 20.8 Å². The van der Waals surface area contributed by atoms with Gasteiger partial charge in [-0.25, -0.2) is 9.97 Å². The van der Waals surface area contributed by atoms with Crippen LogP contribution in [-0.4, -0.2) is 36.3 Å². The van der Waals surface area contributed by atoms with E-state index in [-0.39, 0.29) is 12.3 Å². The zero-order valence-electron chi connectivity index (χ0n) is 12.1. The summed E-state index contributed by atoms with van der Waals surface area (Å²) in [7, 11) is -2.33. The second-order valence-corrected chi connectivity index (χ2v) is 6.43. The van der Waals surface area contributed by atoms with Crippen LogP contribution in [0.15, 0.2) is 24.7 Å². The fourth-order valence-electron chi connectivity index (χ4n) is 1.60. The van der Waals surface area contributed by atoms with Crippen molar-refractivity contribution in [1.82, 2.24) is 15.1 Å². The van der Waals surface area contributed by atoms with Crippen LogP contribution in [0.4, 0.5) is 0 Å². The zero-order valence-corrected chi connectivity index (χ0v) is 13.0. The van der Waals surface area contributed by atoms with Gasteiger partial charge < -0.3 is 0 Å². The summed E-state index contributed by atoms with van der Waals surface area (Å²) >= 11 is 0. The topological polar surface area (TPSA) is 85.9 Å². The maximum atomic E-state index is 11.2. The van der Waals surface area contributed by atoms with Crippen molar-refractivity contribution < 1.29 is 17.3 Å². The summed E-state index contributed by atoms with van der Waals surface area (Å²) in [5.41, 5.74) is 2.73. The summed E-state index contributed by atoms with van der Waals surface area (Å²) in [6.45, 7) is 4.10. The summed E-state index contributed by atoms with van der Waals surface area (Å²) in [6.07, 6.45) is 5.08. The number of hydrogen-bond acceptors (Lipinski definition) is 6. The normalized spacial score (nSPS) is 11.6. The summed E-state index contributed by atoms with van der Waals surface area (Å²) in [6, 6.07) is 1.80. The van der Waals surface area contributed by atoms with Crippen molar-refractivity contribution >= 4 is 10.1 Å². The molecular weight excluding hydrogens is 292 g/mol. The highest BCUT2D eigenvalue weighted by molar-refractivity contribution is 7.86. The predicted molar refractivity (Wildman–Crippen MR) is 75.7 cm³/mol. The highest BCUT2D eigenvalue weighted by Gasteiger charge is 2.14. The first-order valence-corrected chi connectivity index (χ1v) is 7.94. The molecule has 0 N–H and O–H groups in total. The Morgan fingerprint density at radius 2 is 2.05 bits per heavy atom. The Morgan fingerprint density at radius 1 is 1.29 bits per heavy atom. The molecule has 0 aliphatic carbocycles. The first-order chi connectivity index (χ1) is 9.91. The van der Waals surface area contributed by atoms with E-state index in [2.05, 4.69) is 19.2 Å². The van der Waals surface area contributed by atoms with Gasteiger partial charge in [0.25, 0.3) is 10.1 Å². The van der Waals surface area contributed by atoms with Gasteiger partial charge in [-0.3, -0.25) is 4.18 Å². The molecule has 0 saturated carbocycles. The van der Waals surface area contributed by atoms with Gasteiger partial charge in [0.1, 0.15) is 11.9 Å². The van der Waals surface area contributed by atoms with E-state index >= 15 is 0 Å². The van der Waals surface area contributed by atoms with Gasteiger partial charge in [-0.05, 0) is 24.5 Å². The Hall–Kier alpha value is -1.93. The lowest BCUT2D eigenvalue weighted by atomic mass is 10.2. The van der Waals surface area contributed by atoms with E-state index in [0.29, 0.717) is 5.82 Å². The second-order valence-electron chi connectivity index (χ2n) is 4.57. The molecule has 0 saturated heterocycles. The van der Waals surface area contributed by atoms with Gasteiger partial charge in [-0.15, -0.1) is 0 Å². The maximum absolute atomic E-state index is 11.2. The molecule has 0 spiro atoms. The van der Waals surface area contributed by atoms with Crippen molar-refractivity contribution in [1.29, 1.82) is 0 Å². The minimum atomic E-state index is -3.48. The Labute approximate surface area is 123 Å². The Balaban J connectivity index is 2.13. The van der Waals surface area contributed by atoms with Crippen molar-refractivity contribution in [3.63, 3.8) is 0 Å². The van der Waals surface area contributed by atoms with E-state index in [0.717, 1.165) is 23.9 Å². The third-order valence-electron chi connectivity index (χ3n) is 3.08. The van der Waals surface area contributed by atoms with Gasteiger partial charge in [0, 0.05) is 23.5 Å². The van der Waals surface area contributed by atoms with E-state index in [1.807, 2.05) is 13.8 Å². The number of rotatable bonds is 5. The van der Waals surface area contributed by atoms with Crippen LogP contribution >= 0.6 is 0 Å². The van der Waals surface area contributed by atoms with Crippen molar-refractivity contribution in [3.8, 4) is 11.4 Å². The van der Waals surface area contributed by atoms with Crippen molar-refractivity contribution in [3.05, 3.63) is 35.9 Å². The van der Waals surface area contributed by atoms with E-state index in [1.165, 1.54) is 4.68 Å². The highest BCUT2D eigenvalue weighted by atomic mass is 32.2. The molecule has 8 heteroatoms. The molecule has 21 heavy (non-hydrogen) atoms. The number of aryl methyl sites for hydroxylation is 3. The first-order valence-electron chi connectivity index (χ1n) is 6.36. The molecule has 2 aromatic rings. The minimum absolute atomic E-state index is 0.124. The summed E-state index contributed by atoms with van der Waals surface area (Å²) < 4.78 is 28.4. The number of nitrogens with zero attached hydrogens (tertiary/aromatic N) is 4. The van der Waals surface area contributed by atoms with Gasteiger partial charge in [0.15, 0.2) is 18.6 Å². The zero-order chi connectivity index (χ0) is 15.5. The van der Waals surface area contributed by atoms with Crippen LogP contribution in [0, 0.1) is 13.8 Å². The predicted octanol–water partition coefficient (Wildman–Crippen LogP) is 0.419. The molecule has 7 nitrogen and oxygen atoms in total. The van der Waals surface area contributed by atoms with Crippen LogP contribution in [0.2, 0.25) is 0 Å². The fraction of sp³-hybridized carbons (Fsp3) is 0.385. The molecule has 0 amide bonds. The molecule has 0 radical (unpaired) electrons. The number of hydrogen-bond donors (Lipinski definition) is 0. The monoisotopic (exact) mass is 309 g/mol. The minimum Gasteiger partial charge on any atom is -0.273 e. The third-order valence-corrected chi connectivity index (χ3v) is 4.27. The molecular formula is C13H17N4O3S+. The van der Waals surface area contributed by atoms with Crippen LogP contribution in [0.1, 0.15) is 11.3 Å². The Bertz CT molecular complexity index is 730. The SMILES string of the molecule is COS(=O)(=O)CC[n+]1ccc(-c2ncc(C)c(C)n2)cn1. The van der Waals surface area contributed by atoms with Crippen LogP contribution in [0.3, 0.4) is 0 Å². The second kappa shape index (κ2) is 6.23. The highest BCUT2D eigenvalue weighted by Crippen LogP contribution is 2.13. The van der Waals surface area contributed by atoms with E-state index in [1.54, 1.807) is 24.7 Å². The lowest BCUT2D eigenvalue weighted by Crippen LogP contribution is -2.40. The Morgan fingerprint density at radius 3 is 2.62 bits per heavy atom. The van der Waals surface area contributed by atoms with Gasteiger partial charge in [-0.2, -0.15) is 8.42 Å². The van der Waals surface area contributed by atoms with E-state index in [4.69, 9.17) is 0 Å². The first kappa shape index (κ1) is 15.5. The quantitative estimate of drug-likeness (QED) is 0.588. The molecule has 2 heterocycles. The summed E-state index contributed by atoms with van der Waals surface area (Å²) in [5, 5.41) is 4.16. The molecule has 0 aliphatic heterocycles. The van der Waals surface area contributed by atoms with Crippen LogP contribution < -0.4 is 4.68 Å². The molecule has 0 unspecified atom stereocenters. The Kier molecular flexibility index (Phi) is 4.59. The molecule has 0 aromatic carbocycles. The summed E-state index contributed by atoms with van der Waals surface area (Å²) in [4.78, 5) is 8.66. The standard InChI is InChI=1S/C13H17N4O3S/c1-10-8-14-13(16-11(10)2)12-4-5-17(15-9-12)6-7-21(18,19)20-3/h4-5,8-9H,6-7H2,1-3H3/q+1. The van der Waals surface area contributed by atoms with Gasteiger partial charge in [0.2, 0.25) is 0 Å². The smallest absolute Gasteiger partial charge is 0.273 e. The molecule has 0 atom stereocenters. The molecule has 112 valence electrons. The molecule has 0 bridgehead atoms. The van der Waals surface area contributed by atoms with Crippen LogP contribution in [0.25, 0.3) is 11.4 Å². The van der Waals surface area contributed by atoms with E-state index in [9.17, 15) is 8.42 Å². The third kappa shape index (κ3) is 4.02.